The number of hydrogen-bond acceptors (Lipinski definition) is 2. The van der Waals surface area contributed by atoms with Gasteiger partial charge in [0.15, 0.2) is 0 Å². The summed E-state index contributed by atoms with van der Waals surface area (Å²) >= 11 is 3.48. The van der Waals surface area contributed by atoms with Gasteiger partial charge in [0, 0.05) is 11.0 Å². The summed E-state index contributed by atoms with van der Waals surface area (Å²) in [7, 11) is 1.66. The quantitative estimate of drug-likeness (QED) is 0.847. The van der Waals surface area contributed by atoms with Crippen molar-refractivity contribution in [2.45, 2.75) is 19.5 Å². The van der Waals surface area contributed by atoms with Crippen molar-refractivity contribution in [1.82, 2.24) is 5.32 Å². The van der Waals surface area contributed by atoms with Gasteiger partial charge in [0.1, 0.15) is 5.75 Å². The Kier molecular flexibility index (Phi) is 4.67. The highest BCUT2D eigenvalue weighted by Crippen LogP contribution is 2.22. The van der Waals surface area contributed by atoms with E-state index in [1.54, 1.807) is 7.11 Å². The second kappa shape index (κ2) is 5.79. The van der Waals surface area contributed by atoms with Crippen molar-refractivity contribution in [3.63, 3.8) is 0 Å². The first-order valence-electron chi connectivity index (χ1n) is 4.69. The minimum absolute atomic E-state index is 0.0723. The maximum atomic E-state index is 5.28. The van der Waals surface area contributed by atoms with E-state index in [1.165, 1.54) is 0 Å². The van der Waals surface area contributed by atoms with E-state index >= 15 is 0 Å². The molecule has 0 saturated heterocycles. The molecule has 0 aromatic heterocycles. The molecule has 0 bridgehead atoms. The van der Waals surface area contributed by atoms with E-state index < -0.39 is 0 Å². The van der Waals surface area contributed by atoms with Gasteiger partial charge >= 0.3 is 0 Å². The molecule has 0 saturated carbocycles. The summed E-state index contributed by atoms with van der Waals surface area (Å²) in [6.45, 7) is 2.68. The highest BCUT2D eigenvalue weighted by atomic mass is 79.9. The van der Waals surface area contributed by atoms with Gasteiger partial charge in [-0.1, -0.05) is 21.9 Å². The monoisotopic (exact) mass is 267 g/mol. The zero-order valence-electron chi connectivity index (χ0n) is 8.88. The molecule has 0 fully saturated rings. The van der Waals surface area contributed by atoms with Crippen molar-refractivity contribution >= 4 is 15.9 Å². The molecular weight excluding hydrogens is 254 g/mol. The molecule has 0 aliphatic heterocycles. The molecule has 2 nitrogen and oxygen atoms in total. The Balaban J connectivity index is 2.71. The van der Waals surface area contributed by atoms with Crippen LogP contribution in [-0.4, -0.2) is 13.2 Å². The van der Waals surface area contributed by atoms with Crippen LogP contribution in [0.25, 0.3) is 0 Å². The number of hydrogen-bond donors (Lipinski definition) is 1. The highest BCUT2D eigenvalue weighted by molar-refractivity contribution is 9.10. The molecule has 3 heteroatoms. The summed E-state index contributed by atoms with van der Waals surface area (Å²) in [6.07, 6.45) is 5.28. The molecule has 1 N–H and O–H groups in total. The molecule has 0 radical (unpaired) electrons. The van der Waals surface area contributed by atoms with E-state index in [0.29, 0.717) is 0 Å². The lowest BCUT2D eigenvalue weighted by atomic mass is 10.2. The van der Waals surface area contributed by atoms with Crippen LogP contribution < -0.4 is 10.1 Å². The fourth-order valence-corrected chi connectivity index (χ4v) is 1.52. The summed E-state index contributed by atoms with van der Waals surface area (Å²) in [6, 6.07) is 5.94. The lowest BCUT2D eigenvalue weighted by Crippen LogP contribution is -2.23. The van der Waals surface area contributed by atoms with Gasteiger partial charge in [-0.2, -0.15) is 0 Å². The van der Waals surface area contributed by atoms with Crippen LogP contribution in [0.2, 0.25) is 0 Å². The first-order valence-corrected chi connectivity index (χ1v) is 5.48. The zero-order chi connectivity index (χ0) is 11.3. The van der Waals surface area contributed by atoms with Gasteiger partial charge in [0.2, 0.25) is 0 Å². The van der Waals surface area contributed by atoms with Crippen LogP contribution in [0.4, 0.5) is 0 Å². The molecule has 0 heterocycles. The predicted octanol–water partition coefficient (Wildman–Crippen LogP) is 2.57. The minimum atomic E-state index is 0.0723. The van der Waals surface area contributed by atoms with Gasteiger partial charge in [-0.25, -0.2) is 0 Å². The van der Waals surface area contributed by atoms with E-state index in [4.69, 9.17) is 11.2 Å². The molecule has 1 unspecified atom stereocenters. The molecule has 0 spiro atoms. The fourth-order valence-electron chi connectivity index (χ4n) is 1.14. The van der Waals surface area contributed by atoms with Crippen LogP contribution in [0.5, 0.6) is 5.75 Å². The first-order chi connectivity index (χ1) is 7.17. The van der Waals surface area contributed by atoms with Crippen molar-refractivity contribution in [2.75, 3.05) is 7.11 Å². The average Bonchev–Trinajstić information content (AvgIpc) is 2.27. The van der Waals surface area contributed by atoms with Crippen LogP contribution in [-0.2, 0) is 6.54 Å². The van der Waals surface area contributed by atoms with Crippen molar-refractivity contribution in [2.24, 2.45) is 0 Å². The number of terminal acetylenes is 1. The van der Waals surface area contributed by atoms with Crippen LogP contribution in [0.1, 0.15) is 12.5 Å². The molecule has 0 aliphatic rings. The Morgan fingerprint density at radius 1 is 1.60 bits per heavy atom. The normalized spacial score (nSPS) is 11.9. The van der Waals surface area contributed by atoms with Gasteiger partial charge in [0.05, 0.1) is 13.2 Å². The number of benzene rings is 1. The van der Waals surface area contributed by atoms with Crippen LogP contribution >= 0.6 is 15.9 Å². The van der Waals surface area contributed by atoms with Gasteiger partial charge in [-0.15, -0.1) is 6.42 Å². The Labute approximate surface area is 99.2 Å². The number of ether oxygens (including phenoxy) is 1. The summed E-state index contributed by atoms with van der Waals surface area (Å²) in [5, 5.41) is 3.22. The van der Waals surface area contributed by atoms with Crippen LogP contribution in [0.15, 0.2) is 22.7 Å². The lowest BCUT2D eigenvalue weighted by molar-refractivity contribution is 0.414. The van der Waals surface area contributed by atoms with Crippen molar-refractivity contribution in [1.29, 1.82) is 0 Å². The van der Waals surface area contributed by atoms with Crippen LogP contribution in [0.3, 0.4) is 0 Å². The van der Waals surface area contributed by atoms with E-state index in [9.17, 15) is 0 Å². The Morgan fingerprint density at radius 3 is 2.93 bits per heavy atom. The van der Waals surface area contributed by atoms with Gasteiger partial charge in [-0.05, 0) is 30.7 Å². The molecule has 15 heavy (non-hydrogen) atoms. The van der Waals surface area contributed by atoms with Crippen molar-refractivity contribution in [3.05, 3.63) is 28.2 Å². The Morgan fingerprint density at radius 2 is 2.33 bits per heavy atom. The smallest absolute Gasteiger partial charge is 0.119 e. The Hall–Kier alpha value is -0.980. The third kappa shape index (κ3) is 3.58. The summed E-state index contributed by atoms with van der Waals surface area (Å²) in [5.74, 6) is 3.48. The summed E-state index contributed by atoms with van der Waals surface area (Å²) in [5.41, 5.74) is 1.14. The average molecular weight is 268 g/mol. The SMILES string of the molecule is C#CC(C)NCc1cc(OC)ccc1Br. The number of methoxy groups -OCH3 is 1. The van der Waals surface area contributed by atoms with Crippen molar-refractivity contribution in [3.8, 4) is 18.1 Å². The first kappa shape index (κ1) is 12.1. The van der Waals surface area contributed by atoms with Gasteiger partial charge in [-0.3, -0.25) is 5.32 Å². The third-order valence-corrected chi connectivity index (χ3v) is 2.88. The van der Waals surface area contributed by atoms with Crippen LogP contribution in [0, 0.1) is 12.3 Å². The second-order valence-electron chi connectivity index (χ2n) is 3.23. The molecule has 80 valence electrons. The Bertz CT molecular complexity index is 370. The van der Waals surface area contributed by atoms with Gasteiger partial charge in [0.25, 0.3) is 0 Å². The van der Waals surface area contributed by atoms with Gasteiger partial charge < -0.3 is 4.74 Å². The minimum Gasteiger partial charge on any atom is -0.497 e. The fraction of sp³-hybridized carbons (Fsp3) is 0.333. The topological polar surface area (TPSA) is 21.3 Å². The number of halogens is 1. The second-order valence-corrected chi connectivity index (χ2v) is 4.08. The molecule has 1 rings (SSSR count). The standard InChI is InChI=1S/C12H14BrNO/c1-4-9(2)14-8-10-7-11(15-3)5-6-12(10)13/h1,5-7,9,14H,8H2,2-3H3. The molecule has 1 aromatic rings. The zero-order valence-corrected chi connectivity index (χ0v) is 10.5. The molecule has 1 aromatic carbocycles. The van der Waals surface area contributed by atoms with E-state index in [1.807, 2.05) is 25.1 Å². The maximum Gasteiger partial charge on any atom is 0.119 e. The number of nitrogens with one attached hydrogen (secondary N) is 1. The van der Waals surface area contributed by atoms with E-state index in [2.05, 4.69) is 27.2 Å². The molecule has 0 aliphatic carbocycles. The highest BCUT2D eigenvalue weighted by Gasteiger charge is 2.03. The summed E-state index contributed by atoms with van der Waals surface area (Å²) in [4.78, 5) is 0. The number of rotatable bonds is 4. The van der Waals surface area contributed by atoms with E-state index in [0.717, 1.165) is 22.3 Å². The third-order valence-electron chi connectivity index (χ3n) is 2.10. The molecule has 0 amide bonds. The predicted molar refractivity (Wildman–Crippen MR) is 65.8 cm³/mol. The van der Waals surface area contributed by atoms with Crippen molar-refractivity contribution < 1.29 is 4.74 Å². The van der Waals surface area contributed by atoms with E-state index in [-0.39, 0.29) is 6.04 Å². The summed E-state index contributed by atoms with van der Waals surface area (Å²) < 4.78 is 6.21. The largest absolute Gasteiger partial charge is 0.497 e. The lowest BCUT2D eigenvalue weighted by Gasteiger charge is -2.10. The maximum absolute atomic E-state index is 5.28. The molecule has 1 atom stereocenters. The molecular formula is C12H14BrNO.